The van der Waals surface area contributed by atoms with E-state index in [0.717, 1.165) is 51.4 Å². The lowest BCUT2D eigenvalue weighted by atomic mass is 9.47. The summed E-state index contributed by atoms with van der Waals surface area (Å²) in [7, 11) is 0. The van der Waals surface area contributed by atoms with Crippen molar-refractivity contribution in [1.82, 2.24) is 0 Å². The smallest absolute Gasteiger partial charge is 0.0933 e. The molecule has 23 heavy (non-hydrogen) atoms. The molecule has 0 bridgehead atoms. The molecule has 0 radical (unpaired) electrons. The van der Waals surface area contributed by atoms with E-state index in [1.54, 1.807) is 0 Å². The average molecular weight is 320 g/mol. The Morgan fingerprint density at radius 2 is 1.83 bits per heavy atom. The zero-order chi connectivity index (χ0) is 16.5. The van der Waals surface area contributed by atoms with Gasteiger partial charge in [0.2, 0.25) is 0 Å². The van der Waals surface area contributed by atoms with Gasteiger partial charge in [0.05, 0.1) is 18.3 Å². The molecule has 0 aromatic heterocycles. The lowest BCUT2D eigenvalue weighted by Crippen LogP contribution is -2.55. The fourth-order valence-corrected chi connectivity index (χ4v) is 7.01. The third-order valence-corrected chi connectivity index (χ3v) is 8.66. The Kier molecular flexibility index (Phi) is 3.54. The first-order valence-electron chi connectivity index (χ1n) is 9.55. The predicted molar refractivity (Wildman–Crippen MR) is 89.7 cm³/mol. The molecule has 0 aromatic rings. The summed E-state index contributed by atoms with van der Waals surface area (Å²) in [6.07, 6.45) is 10.3. The minimum atomic E-state index is -0.879. The van der Waals surface area contributed by atoms with Crippen molar-refractivity contribution in [3.63, 3.8) is 0 Å². The van der Waals surface area contributed by atoms with Crippen molar-refractivity contribution in [2.75, 3.05) is 6.61 Å². The molecule has 4 aliphatic rings. The molecule has 3 N–H and O–H groups in total. The van der Waals surface area contributed by atoms with E-state index in [1.807, 2.05) is 0 Å². The highest BCUT2D eigenvalue weighted by Crippen LogP contribution is 2.66. The molecule has 3 heteroatoms. The molecule has 0 amide bonds. The normalized spacial score (nSPS) is 55.6. The molecule has 130 valence electrons. The number of fused-ring (bicyclic) bond motifs is 5. The van der Waals surface area contributed by atoms with Gasteiger partial charge in [-0.15, -0.1) is 0 Å². The summed E-state index contributed by atoms with van der Waals surface area (Å²) in [4.78, 5) is 0. The lowest BCUT2D eigenvalue weighted by molar-refractivity contribution is -0.143. The Hall–Kier alpha value is -0.380. The quantitative estimate of drug-likeness (QED) is 0.651. The molecule has 0 aromatic carbocycles. The van der Waals surface area contributed by atoms with E-state index in [-0.39, 0.29) is 23.5 Å². The Morgan fingerprint density at radius 3 is 2.57 bits per heavy atom. The fraction of sp³-hybridized carbons (Fsp3) is 0.900. The van der Waals surface area contributed by atoms with Crippen molar-refractivity contribution in [3.8, 4) is 0 Å². The van der Waals surface area contributed by atoms with Gasteiger partial charge in [0.1, 0.15) is 0 Å². The molecule has 4 aliphatic carbocycles. The molecule has 0 saturated heterocycles. The largest absolute Gasteiger partial charge is 0.393 e. The van der Waals surface area contributed by atoms with E-state index in [2.05, 4.69) is 19.9 Å². The summed E-state index contributed by atoms with van der Waals surface area (Å²) in [5.74, 6) is 1.85. The first kappa shape index (κ1) is 16.1. The molecule has 3 fully saturated rings. The van der Waals surface area contributed by atoms with Crippen LogP contribution in [-0.2, 0) is 0 Å². The number of allylic oxidation sites excluding steroid dienone is 1. The Balaban J connectivity index is 1.68. The van der Waals surface area contributed by atoms with Crippen molar-refractivity contribution >= 4 is 0 Å². The van der Waals surface area contributed by atoms with Gasteiger partial charge in [0.25, 0.3) is 0 Å². The van der Waals surface area contributed by atoms with Crippen LogP contribution in [0.15, 0.2) is 11.6 Å². The molecule has 4 rings (SSSR count). The van der Waals surface area contributed by atoms with E-state index >= 15 is 0 Å². The van der Waals surface area contributed by atoms with Gasteiger partial charge in [0, 0.05) is 5.41 Å². The Labute approximate surface area is 139 Å². The van der Waals surface area contributed by atoms with Gasteiger partial charge >= 0.3 is 0 Å². The molecule has 3 nitrogen and oxygen atoms in total. The second kappa shape index (κ2) is 5.06. The third-order valence-electron chi connectivity index (χ3n) is 8.66. The van der Waals surface area contributed by atoms with Gasteiger partial charge in [0.15, 0.2) is 0 Å². The summed E-state index contributed by atoms with van der Waals surface area (Å²) in [6, 6.07) is 0. The van der Waals surface area contributed by atoms with Crippen LogP contribution in [0.1, 0.15) is 65.2 Å². The molecule has 3 saturated carbocycles. The number of rotatable bonds is 1. The highest BCUT2D eigenvalue weighted by molar-refractivity contribution is 5.26. The maximum absolute atomic E-state index is 11.0. The molecule has 0 heterocycles. The molecular weight excluding hydrogens is 288 g/mol. The van der Waals surface area contributed by atoms with Crippen molar-refractivity contribution in [2.45, 2.75) is 76.9 Å². The first-order chi connectivity index (χ1) is 10.8. The van der Waals surface area contributed by atoms with Crippen LogP contribution in [0.5, 0.6) is 0 Å². The Morgan fingerprint density at radius 1 is 1.09 bits per heavy atom. The van der Waals surface area contributed by atoms with E-state index in [9.17, 15) is 15.3 Å². The van der Waals surface area contributed by atoms with Gasteiger partial charge in [-0.25, -0.2) is 0 Å². The number of hydrogen-bond donors (Lipinski definition) is 3. The predicted octanol–water partition coefficient (Wildman–Crippen LogP) is 3.03. The van der Waals surface area contributed by atoms with E-state index < -0.39 is 5.60 Å². The second-order valence-electron chi connectivity index (χ2n) is 9.34. The maximum atomic E-state index is 11.0. The maximum Gasteiger partial charge on any atom is 0.0933 e. The van der Waals surface area contributed by atoms with Crippen molar-refractivity contribution < 1.29 is 15.3 Å². The van der Waals surface area contributed by atoms with Crippen LogP contribution in [0.25, 0.3) is 0 Å². The van der Waals surface area contributed by atoms with E-state index in [0.29, 0.717) is 17.8 Å². The monoisotopic (exact) mass is 320 g/mol. The van der Waals surface area contributed by atoms with Crippen LogP contribution < -0.4 is 0 Å². The highest BCUT2D eigenvalue weighted by Gasteiger charge is 2.63. The van der Waals surface area contributed by atoms with Crippen LogP contribution in [0, 0.1) is 28.6 Å². The van der Waals surface area contributed by atoms with Crippen molar-refractivity contribution in [3.05, 3.63) is 11.6 Å². The van der Waals surface area contributed by atoms with Gasteiger partial charge in [-0.05, 0) is 74.5 Å². The highest BCUT2D eigenvalue weighted by atomic mass is 16.3. The van der Waals surface area contributed by atoms with Crippen molar-refractivity contribution in [1.29, 1.82) is 0 Å². The van der Waals surface area contributed by atoms with Gasteiger partial charge in [-0.3, -0.25) is 0 Å². The average Bonchev–Trinajstić information content (AvgIpc) is 2.80. The zero-order valence-electron chi connectivity index (χ0n) is 14.6. The second-order valence-corrected chi connectivity index (χ2v) is 9.34. The van der Waals surface area contributed by atoms with Gasteiger partial charge < -0.3 is 15.3 Å². The number of aliphatic hydroxyl groups excluding tert-OH is 2. The minimum absolute atomic E-state index is 0.0953. The first-order valence-corrected chi connectivity index (χ1v) is 9.55. The molecular formula is C20H32O3. The number of aliphatic hydroxyl groups is 3. The lowest BCUT2D eigenvalue weighted by Gasteiger charge is -2.58. The summed E-state index contributed by atoms with van der Waals surface area (Å²) >= 11 is 0. The van der Waals surface area contributed by atoms with Crippen LogP contribution >= 0.6 is 0 Å². The molecule has 0 spiro atoms. The molecule has 0 unspecified atom stereocenters. The summed E-state index contributed by atoms with van der Waals surface area (Å²) in [5.41, 5.74) is 0.745. The standard InChI is InChI=1S/C20H32O3/c1-18-8-5-14(22)11-13(18)3-4-15-16(18)6-9-19(2)17(15)7-10-20(19,23)12-21/h3,14-17,21-23H,4-12H2,1-2H3/t14-,15+,16-,17-,18-,19-,20+/m0/s1. The Bertz CT molecular complexity index is 529. The third kappa shape index (κ3) is 1.99. The van der Waals surface area contributed by atoms with Crippen LogP contribution in [-0.4, -0.2) is 33.6 Å². The van der Waals surface area contributed by atoms with E-state index in [4.69, 9.17) is 0 Å². The SMILES string of the molecule is C[C@]12CC[C@H](O)CC1=CC[C@@H]1[C@@H]2CC[C@@]2(C)[C@H]1CC[C@@]2(O)CO. The minimum Gasteiger partial charge on any atom is -0.393 e. The van der Waals surface area contributed by atoms with E-state index in [1.165, 1.54) is 5.57 Å². The van der Waals surface area contributed by atoms with Crippen LogP contribution in [0.4, 0.5) is 0 Å². The van der Waals surface area contributed by atoms with Crippen molar-refractivity contribution in [2.24, 2.45) is 28.6 Å². The summed E-state index contributed by atoms with van der Waals surface area (Å²) < 4.78 is 0. The van der Waals surface area contributed by atoms with Crippen LogP contribution in [0.3, 0.4) is 0 Å². The summed E-state index contributed by atoms with van der Waals surface area (Å²) in [6.45, 7) is 4.56. The van der Waals surface area contributed by atoms with Gasteiger partial charge in [-0.2, -0.15) is 0 Å². The number of hydrogen-bond acceptors (Lipinski definition) is 3. The fourth-order valence-electron chi connectivity index (χ4n) is 7.01. The topological polar surface area (TPSA) is 60.7 Å². The van der Waals surface area contributed by atoms with Gasteiger partial charge in [-0.1, -0.05) is 25.5 Å². The molecule has 7 atom stereocenters. The molecule has 0 aliphatic heterocycles. The zero-order valence-corrected chi connectivity index (χ0v) is 14.6. The van der Waals surface area contributed by atoms with Crippen LogP contribution in [0.2, 0.25) is 0 Å². The summed E-state index contributed by atoms with van der Waals surface area (Å²) in [5, 5.41) is 30.8.